The summed E-state index contributed by atoms with van der Waals surface area (Å²) in [5.41, 5.74) is 3.00. The SMILES string of the molecule is C[C@@H]1CN(C(=O)[C@](C)(N)OC(=O)C(F)(F)F)CCO1. The molecule has 0 aliphatic carbocycles. The molecule has 1 saturated heterocycles. The van der Waals surface area contributed by atoms with Gasteiger partial charge < -0.3 is 14.4 Å². The fourth-order valence-electron chi connectivity index (χ4n) is 1.61. The van der Waals surface area contributed by atoms with Crippen LogP contribution in [-0.2, 0) is 19.1 Å². The lowest BCUT2D eigenvalue weighted by Gasteiger charge is -2.35. The zero-order valence-electron chi connectivity index (χ0n) is 10.5. The summed E-state index contributed by atoms with van der Waals surface area (Å²) in [6, 6.07) is 0. The summed E-state index contributed by atoms with van der Waals surface area (Å²) in [4.78, 5) is 23.8. The highest BCUT2D eigenvalue weighted by Crippen LogP contribution is 2.21. The molecule has 0 aromatic carbocycles. The first-order valence-corrected chi connectivity index (χ1v) is 5.54. The van der Waals surface area contributed by atoms with Gasteiger partial charge in [-0.25, -0.2) is 4.79 Å². The number of rotatable bonds is 2. The number of carbonyl (C=O) groups excluding carboxylic acids is 2. The fraction of sp³-hybridized carbons (Fsp3) is 0.800. The predicted molar refractivity (Wildman–Crippen MR) is 56.7 cm³/mol. The van der Waals surface area contributed by atoms with E-state index in [0.717, 1.165) is 6.92 Å². The minimum atomic E-state index is -5.20. The van der Waals surface area contributed by atoms with Gasteiger partial charge in [0.15, 0.2) is 0 Å². The molecule has 0 unspecified atom stereocenters. The second kappa shape index (κ2) is 5.33. The quantitative estimate of drug-likeness (QED) is 0.571. The zero-order chi connectivity index (χ0) is 14.8. The van der Waals surface area contributed by atoms with Crippen LogP contribution in [0.15, 0.2) is 0 Å². The molecule has 1 fully saturated rings. The molecule has 110 valence electrons. The second-order valence-corrected chi connectivity index (χ2v) is 4.43. The summed E-state index contributed by atoms with van der Waals surface area (Å²) in [6.07, 6.45) is -5.45. The van der Waals surface area contributed by atoms with Crippen molar-refractivity contribution in [2.75, 3.05) is 19.7 Å². The van der Waals surface area contributed by atoms with E-state index in [2.05, 4.69) is 4.74 Å². The Morgan fingerprint density at radius 1 is 1.42 bits per heavy atom. The van der Waals surface area contributed by atoms with Crippen LogP contribution in [0.3, 0.4) is 0 Å². The topological polar surface area (TPSA) is 81.9 Å². The first kappa shape index (κ1) is 15.7. The molecule has 2 atom stereocenters. The molecule has 0 radical (unpaired) electrons. The van der Waals surface area contributed by atoms with E-state index in [0.29, 0.717) is 0 Å². The molecular formula is C10H15F3N2O4. The van der Waals surface area contributed by atoms with Gasteiger partial charge in [0.05, 0.1) is 12.7 Å². The van der Waals surface area contributed by atoms with E-state index in [4.69, 9.17) is 10.5 Å². The molecule has 2 N–H and O–H groups in total. The maximum Gasteiger partial charge on any atom is 0.491 e. The van der Waals surface area contributed by atoms with Gasteiger partial charge in [0.2, 0.25) is 5.72 Å². The van der Waals surface area contributed by atoms with Crippen molar-refractivity contribution in [2.45, 2.75) is 31.9 Å². The van der Waals surface area contributed by atoms with Gasteiger partial charge in [-0.15, -0.1) is 0 Å². The van der Waals surface area contributed by atoms with Crippen LogP contribution in [0.4, 0.5) is 13.2 Å². The molecular weight excluding hydrogens is 269 g/mol. The van der Waals surface area contributed by atoms with Gasteiger partial charge in [-0.05, 0) is 13.8 Å². The summed E-state index contributed by atoms with van der Waals surface area (Å²) < 4.78 is 45.4. The Bertz CT molecular complexity index is 370. The number of carbonyl (C=O) groups is 2. The number of amides is 1. The molecule has 1 aliphatic heterocycles. The average Bonchev–Trinajstić information content (AvgIpc) is 2.26. The lowest BCUT2D eigenvalue weighted by molar-refractivity contribution is -0.215. The smallest absolute Gasteiger partial charge is 0.428 e. The third-order valence-electron chi connectivity index (χ3n) is 2.49. The van der Waals surface area contributed by atoms with Crippen LogP contribution < -0.4 is 5.73 Å². The van der Waals surface area contributed by atoms with Gasteiger partial charge in [0.25, 0.3) is 5.91 Å². The molecule has 0 saturated carbocycles. The summed E-state index contributed by atoms with van der Waals surface area (Å²) in [6.45, 7) is 3.22. The van der Waals surface area contributed by atoms with Gasteiger partial charge in [0, 0.05) is 13.1 Å². The lowest BCUT2D eigenvalue weighted by atomic mass is 10.2. The van der Waals surface area contributed by atoms with Crippen LogP contribution in [0.25, 0.3) is 0 Å². The molecule has 0 spiro atoms. The molecule has 1 aliphatic rings. The lowest BCUT2D eigenvalue weighted by Crippen LogP contribution is -2.59. The molecule has 9 heteroatoms. The van der Waals surface area contributed by atoms with Crippen molar-refractivity contribution in [3.63, 3.8) is 0 Å². The first-order valence-electron chi connectivity index (χ1n) is 5.54. The highest BCUT2D eigenvalue weighted by atomic mass is 19.4. The Morgan fingerprint density at radius 2 is 2.00 bits per heavy atom. The maximum atomic E-state index is 12.1. The number of morpholine rings is 1. The minimum absolute atomic E-state index is 0.176. The normalized spacial score (nSPS) is 23.7. The fourth-order valence-corrected chi connectivity index (χ4v) is 1.61. The molecule has 0 bridgehead atoms. The van der Waals surface area contributed by atoms with Crippen LogP contribution in [0, 0.1) is 0 Å². The van der Waals surface area contributed by atoms with E-state index in [1.54, 1.807) is 6.92 Å². The van der Waals surface area contributed by atoms with Gasteiger partial charge in [-0.3, -0.25) is 10.5 Å². The number of hydrogen-bond donors (Lipinski definition) is 1. The van der Waals surface area contributed by atoms with Crippen molar-refractivity contribution in [3.05, 3.63) is 0 Å². The molecule has 6 nitrogen and oxygen atoms in total. The van der Waals surface area contributed by atoms with Crippen LogP contribution >= 0.6 is 0 Å². The predicted octanol–water partition coefficient (Wildman–Crippen LogP) is 0.0141. The van der Waals surface area contributed by atoms with E-state index in [-0.39, 0.29) is 25.8 Å². The summed E-state index contributed by atoms with van der Waals surface area (Å²) in [7, 11) is 0. The van der Waals surface area contributed by atoms with Gasteiger partial charge in [0.1, 0.15) is 0 Å². The van der Waals surface area contributed by atoms with E-state index >= 15 is 0 Å². The molecule has 1 heterocycles. The zero-order valence-corrected chi connectivity index (χ0v) is 10.5. The van der Waals surface area contributed by atoms with Crippen molar-refractivity contribution >= 4 is 11.9 Å². The Hall–Kier alpha value is -1.35. The third kappa shape index (κ3) is 4.06. The first-order chi connectivity index (χ1) is 8.54. The van der Waals surface area contributed by atoms with Crippen molar-refractivity contribution in [1.29, 1.82) is 0 Å². The van der Waals surface area contributed by atoms with Gasteiger partial charge >= 0.3 is 12.1 Å². The molecule has 0 aromatic rings. The Kier molecular flexibility index (Phi) is 4.41. The number of halogens is 3. The number of nitrogens with two attached hydrogens (primary N) is 1. The highest BCUT2D eigenvalue weighted by molar-refractivity contribution is 5.88. The third-order valence-corrected chi connectivity index (χ3v) is 2.49. The molecule has 1 amide bonds. The Balaban J connectivity index is 2.71. The second-order valence-electron chi connectivity index (χ2n) is 4.43. The Labute approximate surface area is 107 Å². The van der Waals surface area contributed by atoms with E-state index in [9.17, 15) is 22.8 Å². The monoisotopic (exact) mass is 284 g/mol. The van der Waals surface area contributed by atoms with Gasteiger partial charge in [-0.1, -0.05) is 0 Å². The molecule has 0 aromatic heterocycles. The van der Waals surface area contributed by atoms with Crippen LogP contribution in [0.5, 0.6) is 0 Å². The maximum absolute atomic E-state index is 12.1. The minimum Gasteiger partial charge on any atom is -0.428 e. The number of hydrogen-bond acceptors (Lipinski definition) is 5. The van der Waals surface area contributed by atoms with Crippen LogP contribution in [0.2, 0.25) is 0 Å². The van der Waals surface area contributed by atoms with E-state index < -0.39 is 23.8 Å². The molecule has 19 heavy (non-hydrogen) atoms. The summed E-state index contributed by atoms with van der Waals surface area (Å²) in [5, 5.41) is 0. The van der Waals surface area contributed by atoms with Gasteiger partial charge in [-0.2, -0.15) is 13.2 Å². The summed E-state index contributed by atoms with van der Waals surface area (Å²) >= 11 is 0. The average molecular weight is 284 g/mol. The number of ether oxygens (including phenoxy) is 2. The van der Waals surface area contributed by atoms with Crippen LogP contribution in [-0.4, -0.2) is 54.5 Å². The van der Waals surface area contributed by atoms with Crippen LogP contribution in [0.1, 0.15) is 13.8 Å². The van der Waals surface area contributed by atoms with E-state index in [1.807, 2.05) is 0 Å². The number of esters is 1. The standard InChI is InChI=1S/C10H15F3N2O4/c1-6-5-15(3-4-18-6)7(16)9(2,14)19-8(17)10(11,12)13/h6H,3-5,14H2,1-2H3/t6-,9-/m1/s1. The highest BCUT2D eigenvalue weighted by Gasteiger charge is 2.47. The summed E-state index contributed by atoms with van der Waals surface area (Å²) in [5.74, 6) is -3.38. The number of nitrogens with zero attached hydrogens (tertiary/aromatic N) is 1. The van der Waals surface area contributed by atoms with Crippen molar-refractivity contribution in [3.8, 4) is 0 Å². The van der Waals surface area contributed by atoms with Crippen molar-refractivity contribution in [2.24, 2.45) is 5.73 Å². The Morgan fingerprint density at radius 3 is 2.47 bits per heavy atom. The number of alkyl halides is 3. The van der Waals surface area contributed by atoms with Crippen molar-refractivity contribution < 1.29 is 32.2 Å². The largest absolute Gasteiger partial charge is 0.491 e. The van der Waals surface area contributed by atoms with E-state index in [1.165, 1.54) is 4.90 Å². The molecule has 1 rings (SSSR count). The van der Waals surface area contributed by atoms with Crippen molar-refractivity contribution in [1.82, 2.24) is 4.90 Å².